The molecular formula is C14H20ClN3O2. The minimum Gasteiger partial charge on any atom is -0.354 e. The minimum atomic E-state index is 0. The Bertz CT molecular complexity index is 479. The van der Waals surface area contributed by atoms with Gasteiger partial charge in [-0.05, 0) is 18.7 Å². The summed E-state index contributed by atoms with van der Waals surface area (Å²) in [5.74, 6) is 0.111. The van der Waals surface area contributed by atoms with Gasteiger partial charge in [0.15, 0.2) is 0 Å². The maximum Gasteiger partial charge on any atom is 0.231 e. The molecule has 2 rings (SSSR count). The number of carbonyl (C=O) groups excluding carboxylic acids is 2. The van der Waals surface area contributed by atoms with E-state index in [0.29, 0.717) is 32.5 Å². The second kappa shape index (κ2) is 7.87. The molecule has 1 aliphatic rings. The summed E-state index contributed by atoms with van der Waals surface area (Å²) in [6.07, 6.45) is 0.922. The number of hydrogen-bond donors (Lipinski definition) is 2. The van der Waals surface area contributed by atoms with Gasteiger partial charge in [-0.2, -0.15) is 0 Å². The van der Waals surface area contributed by atoms with Gasteiger partial charge in [0, 0.05) is 31.7 Å². The average molecular weight is 298 g/mol. The fourth-order valence-corrected chi connectivity index (χ4v) is 2.20. The lowest BCUT2D eigenvalue weighted by Gasteiger charge is -2.17. The maximum absolute atomic E-state index is 11.9. The summed E-state index contributed by atoms with van der Waals surface area (Å²) in [5.41, 5.74) is 2.03. The zero-order chi connectivity index (χ0) is 13.7. The summed E-state index contributed by atoms with van der Waals surface area (Å²) in [4.78, 5) is 25.1. The number of hydrogen-bond acceptors (Lipinski definition) is 3. The van der Waals surface area contributed by atoms with Crippen LogP contribution in [0, 0.1) is 0 Å². The summed E-state index contributed by atoms with van der Waals surface area (Å²) in [5, 5.41) is 5.75. The Kier molecular flexibility index (Phi) is 6.48. The number of amides is 2. The van der Waals surface area contributed by atoms with E-state index >= 15 is 0 Å². The van der Waals surface area contributed by atoms with Crippen molar-refractivity contribution >= 4 is 29.9 Å². The van der Waals surface area contributed by atoms with Crippen LogP contribution in [-0.4, -0.2) is 38.5 Å². The highest BCUT2D eigenvalue weighted by Crippen LogP contribution is 2.27. The summed E-state index contributed by atoms with van der Waals surface area (Å²) in [6.45, 7) is 1.68. The van der Waals surface area contributed by atoms with Crippen molar-refractivity contribution in [1.29, 1.82) is 0 Å². The first kappa shape index (κ1) is 16.5. The van der Waals surface area contributed by atoms with Crippen molar-refractivity contribution in [1.82, 2.24) is 10.6 Å². The molecule has 5 nitrogen and oxygen atoms in total. The number of nitrogens with zero attached hydrogens (tertiary/aromatic N) is 1. The molecule has 1 aromatic rings. The van der Waals surface area contributed by atoms with Crippen LogP contribution in [0.4, 0.5) is 5.69 Å². The molecule has 0 spiro atoms. The molecule has 6 heteroatoms. The van der Waals surface area contributed by atoms with E-state index in [-0.39, 0.29) is 24.2 Å². The van der Waals surface area contributed by atoms with E-state index < -0.39 is 0 Å². The topological polar surface area (TPSA) is 61.4 Å². The van der Waals surface area contributed by atoms with Gasteiger partial charge < -0.3 is 15.5 Å². The third kappa shape index (κ3) is 3.95. The molecular weight excluding hydrogens is 278 g/mol. The molecule has 0 unspecified atom stereocenters. The molecule has 0 fully saturated rings. The van der Waals surface area contributed by atoms with Gasteiger partial charge >= 0.3 is 0 Å². The predicted octanol–water partition coefficient (Wildman–Crippen LogP) is 0.723. The number of anilines is 1. The van der Waals surface area contributed by atoms with Crippen molar-refractivity contribution in [3.8, 4) is 0 Å². The molecule has 0 saturated carbocycles. The average Bonchev–Trinajstić information content (AvgIpc) is 2.73. The lowest BCUT2D eigenvalue weighted by atomic mass is 10.2. The largest absolute Gasteiger partial charge is 0.354 e. The third-order valence-electron chi connectivity index (χ3n) is 3.18. The van der Waals surface area contributed by atoms with E-state index in [9.17, 15) is 9.59 Å². The van der Waals surface area contributed by atoms with E-state index in [1.54, 1.807) is 4.90 Å². The van der Waals surface area contributed by atoms with Gasteiger partial charge in [-0.1, -0.05) is 18.2 Å². The smallest absolute Gasteiger partial charge is 0.231 e. The highest BCUT2D eigenvalue weighted by Gasteiger charge is 2.25. The molecule has 0 atom stereocenters. The Balaban J connectivity index is 0.00000200. The number of halogens is 1. The molecule has 0 aliphatic carbocycles. The maximum atomic E-state index is 11.9. The molecule has 2 amide bonds. The number of para-hydroxylation sites is 1. The molecule has 0 bridgehead atoms. The molecule has 20 heavy (non-hydrogen) atoms. The van der Waals surface area contributed by atoms with Crippen molar-refractivity contribution in [3.63, 3.8) is 0 Å². The van der Waals surface area contributed by atoms with E-state index in [2.05, 4.69) is 10.6 Å². The second-order valence-corrected chi connectivity index (χ2v) is 4.55. The summed E-state index contributed by atoms with van der Waals surface area (Å²) in [6, 6.07) is 7.78. The fraction of sp³-hybridized carbons (Fsp3) is 0.429. The normalized spacial score (nSPS) is 12.8. The van der Waals surface area contributed by atoms with Crippen LogP contribution in [0.5, 0.6) is 0 Å². The van der Waals surface area contributed by atoms with Crippen LogP contribution in [-0.2, 0) is 16.0 Å². The lowest BCUT2D eigenvalue weighted by molar-refractivity contribution is -0.121. The molecule has 1 aromatic carbocycles. The van der Waals surface area contributed by atoms with Crippen LogP contribution in [0.3, 0.4) is 0 Å². The Morgan fingerprint density at radius 1 is 1.30 bits per heavy atom. The van der Waals surface area contributed by atoms with E-state index in [0.717, 1.165) is 11.3 Å². The Labute approximate surface area is 125 Å². The van der Waals surface area contributed by atoms with Crippen LogP contribution in [0.15, 0.2) is 24.3 Å². The highest BCUT2D eigenvalue weighted by atomic mass is 35.5. The number of fused-ring (bicyclic) bond motifs is 1. The van der Waals surface area contributed by atoms with Gasteiger partial charge in [-0.15, -0.1) is 12.4 Å². The van der Waals surface area contributed by atoms with E-state index in [1.165, 1.54) is 0 Å². The Hall–Kier alpha value is -1.59. The third-order valence-corrected chi connectivity index (χ3v) is 3.18. The summed E-state index contributed by atoms with van der Waals surface area (Å²) in [7, 11) is 1.81. The van der Waals surface area contributed by atoms with Crippen LogP contribution >= 0.6 is 12.4 Å². The number of carbonyl (C=O) groups is 2. The quantitative estimate of drug-likeness (QED) is 0.813. The Morgan fingerprint density at radius 3 is 2.80 bits per heavy atom. The first-order chi connectivity index (χ1) is 9.22. The van der Waals surface area contributed by atoms with Gasteiger partial charge in [0.2, 0.25) is 11.8 Å². The zero-order valence-corrected chi connectivity index (χ0v) is 12.3. The molecule has 110 valence electrons. The van der Waals surface area contributed by atoms with Crippen LogP contribution in [0.1, 0.15) is 12.0 Å². The first-order valence-corrected chi connectivity index (χ1v) is 6.52. The second-order valence-electron chi connectivity index (χ2n) is 4.55. The van der Waals surface area contributed by atoms with Crippen LogP contribution in [0.25, 0.3) is 0 Å². The molecule has 0 radical (unpaired) electrons. The fourth-order valence-electron chi connectivity index (χ4n) is 2.20. The molecule has 0 aromatic heterocycles. The van der Waals surface area contributed by atoms with Gasteiger partial charge in [0.25, 0.3) is 0 Å². The number of nitrogens with one attached hydrogen (secondary N) is 2. The van der Waals surface area contributed by atoms with Crippen LogP contribution in [0.2, 0.25) is 0 Å². The lowest BCUT2D eigenvalue weighted by Crippen LogP contribution is -2.37. The minimum absolute atomic E-state index is 0. The van der Waals surface area contributed by atoms with Crippen LogP contribution < -0.4 is 15.5 Å². The molecule has 1 heterocycles. The van der Waals surface area contributed by atoms with Gasteiger partial charge in [0.1, 0.15) is 0 Å². The first-order valence-electron chi connectivity index (χ1n) is 6.52. The highest BCUT2D eigenvalue weighted by molar-refractivity contribution is 6.01. The number of benzene rings is 1. The summed E-state index contributed by atoms with van der Waals surface area (Å²) < 4.78 is 0. The van der Waals surface area contributed by atoms with Crippen molar-refractivity contribution in [3.05, 3.63) is 29.8 Å². The monoisotopic (exact) mass is 297 g/mol. The van der Waals surface area contributed by atoms with Gasteiger partial charge in [0.05, 0.1) is 6.42 Å². The SMILES string of the molecule is CNCCC(=O)NCCN1C(=O)Cc2ccccc21.Cl. The number of rotatable bonds is 6. The van der Waals surface area contributed by atoms with Crippen molar-refractivity contribution < 1.29 is 9.59 Å². The van der Waals surface area contributed by atoms with Crippen molar-refractivity contribution in [2.75, 3.05) is 31.6 Å². The summed E-state index contributed by atoms with van der Waals surface area (Å²) >= 11 is 0. The van der Waals surface area contributed by atoms with Gasteiger partial charge in [-0.25, -0.2) is 0 Å². The van der Waals surface area contributed by atoms with Crippen molar-refractivity contribution in [2.45, 2.75) is 12.8 Å². The van der Waals surface area contributed by atoms with E-state index in [1.807, 2.05) is 31.3 Å². The predicted molar refractivity (Wildman–Crippen MR) is 81.3 cm³/mol. The van der Waals surface area contributed by atoms with Gasteiger partial charge in [-0.3, -0.25) is 9.59 Å². The van der Waals surface area contributed by atoms with E-state index in [4.69, 9.17) is 0 Å². The molecule has 0 saturated heterocycles. The zero-order valence-electron chi connectivity index (χ0n) is 11.5. The molecule has 1 aliphatic heterocycles. The van der Waals surface area contributed by atoms with Crippen molar-refractivity contribution in [2.24, 2.45) is 0 Å². The standard InChI is InChI=1S/C14H19N3O2.ClH/c1-15-7-6-13(18)16-8-9-17-12-5-3-2-4-11(12)10-14(17)19;/h2-5,15H,6-10H2,1H3,(H,16,18);1H. The Morgan fingerprint density at radius 2 is 2.05 bits per heavy atom. The molecule has 2 N–H and O–H groups in total.